The van der Waals surface area contributed by atoms with Crippen molar-refractivity contribution in [2.45, 2.75) is 43.5 Å². The fourth-order valence-electron chi connectivity index (χ4n) is 4.43. The van der Waals surface area contributed by atoms with Gasteiger partial charge in [0.05, 0.1) is 17.3 Å². The van der Waals surface area contributed by atoms with E-state index < -0.39 is 9.84 Å². The van der Waals surface area contributed by atoms with Crippen LogP contribution in [0, 0.1) is 17.8 Å². The van der Waals surface area contributed by atoms with E-state index >= 15 is 0 Å². The number of carbonyl (C=O) groups is 1. The second-order valence-electron chi connectivity index (χ2n) is 7.44. The SMILES string of the molecule is COCCS(=O)(=O)c1ccc(C(=O)NC(C)C2CC3CCC2C3)cc1. The van der Waals surface area contributed by atoms with Crippen LogP contribution in [0.4, 0.5) is 0 Å². The summed E-state index contributed by atoms with van der Waals surface area (Å²) in [4.78, 5) is 12.7. The Kier molecular flexibility index (Phi) is 5.49. The second-order valence-corrected chi connectivity index (χ2v) is 9.55. The van der Waals surface area contributed by atoms with Crippen molar-refractivity contribution in [3.63, 3.8) is 0 Å². The zero-order valence-electron chi connectivity index (χ0n) is 14.9. The molecule has 4 atom stereocenters. The summed E-state index contributed by atoms with van der Waals surface area (Å²) in [6, 6.07) is 6.34. The Bertz CT molecular complexity index is 713. The van der Waals surface area contributed by atoms with E-state index in [2.05, 4.69) is 12.2 Å². The van der Waals surface area contributed by atoms with Gasteiger partial charge in [0.1, 0.15) is 0 Å². The highest BCUT2D eigenvalue weighted by Crippen LogP contribution is 2.49. The molecule has 2 bridgehead atoms. The van der Waals surface area contributed by atoms with Crippen LogP contribution in [0.2, 0.25) is 0 Å². The number of methoxy groups -OCH3 is 1. The molecule has 0 aromatic heterocycles. The highest BCUT2D eigenvalue weighted by molar-refractivity contribution is 7.91. The van der Waals surface area contributed by atoms with Crippen molar-refractivity contribution in [3.8, 4) is 0 Å². The zero-order valence-corrected chi connectivity index (χ0v) is 15.7. The average Bonchev–Trinajstić information content (AvgIpc) is 3.23. The summed E-state index contributed by atoms with van der Waals surface area (Å²) in [5.74, 6) is 2.00. The molecule has 1 amide bonds. The van der Waals surface area contributed by atoms with Crippen LogP contribution in [0.1, 0.15) is 43.0 Å². The van der Waals surface area contributed by atoms with Crippen LogP contribution >= 0.6 is 0 Å². The van der Waals surface area contributed by atoms with Crippen molar-refractivity contribution in [1.82, 2.24) is 5.32 Å². The lowest BCUT2D eigenvalue weighted by molar-refractivity contribution is 0.0915. The number of carbonyl (C=O) groups excluding carboxylic acids is 1. The first-order chi connectivity index (χ1) is 11.9. The third kappa shape index (κ3) is 4.06. The highest BCUT2D eigenvalue weighted by atomic mass is 32.2. The first-order valence-corrected chi connectivity index (χ1v) is 10.7. The molecule has 2 aliphatic carbocycles. The molecule has 0 heterocycles. The smallest absolute Gasteiger partial charge is 0.251 e. The van der Waals surface area contributed by atoms with Gasteiger partial charge in [-0.1, -0.05) is 6.42 Å². The van der Waals surface area contributed by atoms with Gasteiger partial charge in [0, 0.05) is 18.7 Å². The van der Waals surface area contributed by atoms with Crippen molar-refractivity contribution < 1.29 is 17.9 Å². The Balaban J connectivity index is 1.61. The van der Waals surface area contributed by atoms with Gasteiger partial charge in [-0.3, -0.25) is 4.79 Å². The summed E-state index contributed by atoms with van der Waals surface area (Å²) in [6.07, 6.45) is 5.19. The van der Waals surface area contributed by atoms with Gasteiger partial charge in [-0.15, -0.1) is 0 Å². The van der Waals surface area contributed by atoms with Gasteiger partial charge in [-0.25, -0.2) is 8.42 Å². The van der Waals surface area contributed by atoms with Crippen molar-refractivity contribution in [2.75, 3.05) is 19.5 Å². The summed E-state index contributed by atoms with van der Waals surface area (Å²) in [5.41, 5.74) is 0.501. The first-order valence-electron chi connectivity index (χ1n) is 9.03. The first kappa shape index (κ1) is 18.4. The van der Waals surface area contributed by atoms with E-state index in [4.69, 9.17) is 4.74 Å². The van der Waals surface area contributed by atoms with E-state index in [0.29, 0.717) is 11.5 Å². The topological polar surface area (TPSA) is 72.5 Å². The van der Waals surface area contributed by atoms with Gasteiger partial charge in [0.25, 0.3) is 5.91 Å². The molecule has 2 fully saturated rings. The number of hydrogen-bond acceptors (Lipinski definition) is 4. The molecule has 4 unspecified atom stereocenters. The average molecular weight is 365 g/mol. The predicted octanol–water partition coefficient (Wildman–Crippen LogP) is 2.66. The van der Waals surface area contributed by atoms with Gasteiger partial charge in [-0.05, 0) is 68.2 Å². The van der Waals surface area contributed by atoms with Gasteiger partial charge in [0.15, 0.2) is 9.84 Å². The maximum atomic E-state index is 12.5. The molecular formula is C19H27NO4S. The predicted molar refractivity (Wildman–Crippen MR) is 96.2 cm³/mol. The normalized spacial score (nSPS) is 26.6. The molecular weight excluding hydrogens is 338 g/mol. The molecule has 1 N–H and O–H groups in total. The van der Waals surface area contributed by atoms with E-state index in [1.54, 1.807) is 12.1 Å². The standard InChI is InChI=1S/C19H27NO4S/c1-13(18-12-14-3-4-16(18)11-14)20-19(21)15-5-7-17(8-6-15)25(22,23)10-9-24-2/h5-8,13-14,16,18H,3-4,9-12H2,1-2H3,(H,20,21). The lowest BCUT2D eigenvalue weighted by Gasteiger charge is -2.28. The molecule has 0 aliphatic heterocycles. The van der Waals surface area contributed by atoms with Gasteiger partial charge in [0.2, 0.25) is 0 Å². The molecule has 0 radical (unpaired) electrons. The van der Waals surface area contributed by atoms with E-state index in [9.17, 15) is 13.2 Å². The van der Waals surface area contributed by atoms with Crippen LogP contribution in [-0.2, 0) is 14.6 Å². The van der Waals surface area contributed by atoms with E-state index in [1.807, 2.05) is 0 Å². The molecule has 2 aliphatic rings. The van der Waals surface area contributed by atoms with Crippen LogP contribution < -0.4 is 5.32 Å². The Morgan fingerprint density at radius 3 is 2.52 bits per heavy atom. The van der Waals surface area contributed by atoms with Crippen LogP contribution in [0.15, 0.2) is 29.2 Å². The summed E-state index contributed by atoms with van der Waals surface area (Å²) >= 11 is 0. The molecule has 25 heavy (non-hydrogen) atoms. The van der Waals surface area contributed by atoms with Gasteiger partial charge >= 0.3 is 0 Å². The maximum Gasteiger partial charge on any atom is 0.251 e. The molecule has 0 spiro atoms. The molecule has 5 nitrogen and oxygen atoms in total. The minimum absolute atomic E-state index is 0.0592. The van der Waals surface area contributed by atoms with Crippen LogP contribution in [0.5, 0.6) is 0 Å². The monoisotopic (exact) mass is 365 g/mol. The Labute approximate surface area is 150 Å². The van der Waals surface area contributed by atoms with Crippen molar-refractivity contribution in [2.24, 2.45) is 17.8 Å². The molecule has 6 heteroatoms. The largest absolute Gasteiger partial charge is 0.384 e. The fraction of sp³-hybridized carbons (Fsp3) is 0.632. The van der Waals surface area contributed by atoms with E-state index in [-0.39, 0.29) is 29.2 Å². The lowest BCUT2D eigenvalue weighted by Crippen LogP contribution is -2.40. The highest BCUT2D eigenvalue weighted by Gasteiger charge is 2.42. The summed E-state index contributed by atoms with van der Waals surface area (Å²) in [5, 5.41) is 3.11. The number of benzene rings is 1. The molecule has 2 saturated carbocycles. The quantitative estimate of drug-likeness (QED) is 0.806. The minimum Gasteiger partial charge on any atom is -0.384 e. The summed E-state index contributed by atoms with van der Waals surface area (Å²) < 4.78 is 29.1. The second kappa shape index (κ2) is 7.46. The third-order valence-electron chi connectivity index (χ3n) is 5.83. The Hall–Kier alpha value is -1.40. The summed E-state index contributed by atoms with van der Waals surface area (Å²) in [6.45, 7) is 2.25. The van der Waals surface area contributed by atoms with Gasteiger partial charge in [-0.2, -0.15) is 0 Å². The number of fused-ring (bicyclic) bond motifs is 2. The summed E-state index contributed by atoms with van der Waals surface area (Å²) in [7, 11) is -1.89. The molecule has 1 aromatic carbocycles. The number of hydrogen-bond donors (Lipinski definition) is 1. The van der Waals surface area contributed by atoms with Crippen molar-refractivity contribution >= 4 is 15.7 Å². The van der Waals surface area contributed by atoms with Crippen molar-refractivity contribution in [3.05, 3.63) is 29.8 Å². The van der Waals surface area contributed by atoms with Gasteiger partial charge < -0.3 is 10.1 Å². The van der Waals surface area contributed by atoms with Crippen LogP contribution in [-0.4, -0.2) is 39.8 Å². The van der Waals surface area contributed by atoms with Crippen LogP contribution in [0.25, 0.3) is 0 Å². The van der Waals surface area contributed by atoms with E-state index in [0.717, 1.165) is 11.8 Å². The lowest BCUT2D eigenvalue weighted by atomic mass is 9.84. The van der Waals surface area contributed by atoms with Crippen LogP contribution in [0.3, 0.4) is 0 Å². The third-order valence-corrected chi connectivity index (χ3v) is 7.52. The number of ether oxygens (including phenoxy) is 1. The molecule has 138 valence electrons. The maximum absolute atomic E-state index is 12.5. The number of nitrogens with one attached hydrogen (secondary N) is 1. The molecule has 1 aromatic rings. The Morgan fingerprint density at radius 1 is 1.24 bits per heavy atom. The zero-order chi connectivity index (χ0) is 18.0. The Morgan fingerprint density at radius 2 is 1.96 bits per heavy atom. The minimum atomic E-state index is -3.36. The molecule has 0 saturated heterocycles. The van der Waals surface area contributed by atoms with Crippen molar-refractivity contribution in [1.29, 1.82) is 0 Å². The van der Waals surface area contributed by atoms with E-state index in [1.165, 1.54) is 44.9 Å². The molecule has 3 rings (SSSR count). The number of amides is 1. The fourth-order valence-corrected chi connectivity index (χ4v) is 5.60. The number of rotatable bonds is 7. The number of sulfone groups is 1.